The molecule has 0 aliphatic carbocycles. The van der Waals surface area contributed by atoms with E-state index in [-0.39, 0.29) is 6.10 Å². The van der Waals surface area contributed by atoms with E-state index in [2.05, 4.69) is 35.4 Å². The van der Waals surface area contributed by atoms with Crippen LogP contribution in [0.25, 0.3) is 11.2 Å². The molecule has 1 unspecified atom stereocenters. The fraction of sp³-hybridized carbons (Fsp3) is 0.455. The molecule has 0 N–H and O–H groups in total. The molecule has 2 saturated heterocycles. The minimum absolute atomic E-state index is 0.256. The summed E-state index contributed by atoms with van der Waals surface area (Å²) in [4.78, 5) is 18.4. The van der Waals surface area contributed by atoms with Gasteiger partial charge in [-0.25, -0.2) is 15.0 Å². The predicted octanol–water partition coefficient (Wildman–Crippen LogP) is 2.20. The van der Waals surface area contributed by atoms with Crippen LogP contribution in [0.1, 0.15) is 24.0 Å². The van der Waals surface area contributed by atoms with Crippen LogP contribution in [-0.4, -0.2) is 63.3 Å². The summed E-state index contributed by atoms with van der Waals surface area (Å²) in [6.07, 6.45) is 6.00. The van der Waals surface area contributed by atoms with Crippen molar-refractivity contribution in [3.05, 3.63) is 48.0 Å². The Hall–Kier alpha value is -3.02. The molecular formula is C22H25N7O. The summed E-state index contributed by atoms with van der Waals surface area (Å²) in [6.45, 7) is 6.27. The van der Waals surface area contributed by atoms with Crippen LogP contribution >= 0.6 is 0 Å². The smallest absolute Gasteiger partial charge is 0.165 e. The Morgan fingerprint density at radius 1 is 1.07 bits per heavy atom. The molecule has 3 aromatic rings. The quantitative estimate of drug-likeness (QED) is 0.646. The van der Waals surface area contributed by atoms with E-state index >= 15 is 0 Å². The molecule has 0 bridgehead atoms. The van der Waals surface area contributed by atoms with Gasteiger partial charge in [0.2, 0.25) is 0 Å². The average Bonchev–Trinajstić information content (AvgIpc) is 3.45. The number of nitrogens with zero attached hydrogens (tertiary/aromatic N) is 7. The molecule has 2 fully saturated rings. The third-order valence-corrected chi connectivity index (χ3v) is 5.97. The molecule has 2 aliphatic heterocycles. The van der Waals surface area contributed by atoms with Crippen molar-refractivity contribution in [2.24, 2.45) is 0 Å². The first-order chi connectivity index (χ1) is 14.8. The van der Waals surface area contributed by atoms with E-state index in [0.29, 0.717) is 5.56 Å². The topological polar surface area (TPSA) is 83.1 Å². The van der Waals surface area contributed by atoms with E-state index in [1.165, 1.54) is 5.56 Å². The van der Waals surface area contributed by atoms with Crippen LogP contribution in [-0.2, 0) is 17.8 Å². The SMILES string of the molecule is N#Cc1ccc(CN2CCN(c3ncnc4c3ncn4CC3CCCO3)CC2)cc1. The summed E-state index contributed by atoms with van der Waals surface area (Å²) in [5.74, 6) is 0.920. The normalized spacial score (nSPS) is 20.0. The van der Waals surface area contributed by atoms with Gasteiger partial charge in [-0.3, -0.25) is 4.90 Å². The standard InChI is InChI=1S/C22H25N7O/c23-12-17-3-5-18(6-4-17)13-27-7-9-28(10-8-27)21-20-22(25-15-24-21)29(16-26-20)14-19-2-1-11-30-19/h3-6,15-16,19H,1-2,7-11,13-14H2. The predicted molar refractivity (Wildman–Crippen MR) is 113 cm³/mol. The van der Waals surface area contributed by atoms with Gasteiger partial charge < -0.3 is 14.2 Å². The van der Waals surface area contributed by atoms with Gasteiger partial charge in [0.05, 0.1) is 30.6 Å². The fourth-order valence-corrected chi connectivity index (χ4v) is 4.30. The lowest BCUT2D eigenvalue weighted by molar-refractivity contribution is 0.0978. The molecule has 0 amide bonds. The van der Waals surface area contributed by atoms with Crippen molar-refractivity contribution in [3.8, 4) is 6.07 Å². The highest BCUT2D eigenvalue weighted by molar-refractivity contribution is 5.83. The van der Waals surface area contributed by atoms with Gasteiger partial charge >= 0.3 is 0 Å². The molecular weight excluding hydrogens is 378 g/mol. The summed E-state index contributed by atoms with van der Waals surface area (Å²) in [7, 11) is 0. The third-order valence-electron chi connectivity index (χ3n) is 5.97. The number of anilines is 1. The maximum Gasteiger partial charge on any atom is 0.165 e. The van der Waals surface area contributed by atoms with Crippen molar-refractivity contribution in [1.82, 2.24) is 24.4 Å². The van der Waals surface area contributed by atoms with Crippen LogP contribution in [0, 0.1) is 11.3 Å². The van der Waals surface area contributed by atoms with Crippen LogP contribution in [0.15, 0.2) is 36.9 Å². The number of fused-ring (bicyclic) bond motifs is 1. The Kier molecular flexibility index (Phi) is 5.30. The molecule has 0 spiro atoms. The van der Waals surface area contributed by atoms with Gasteiger partial charge in [-0.1, -0.05) is 12.1 Å². The van der Waals surface area contributed by atoms with E-state index < -0.39 is 0 Å². The Balaban J connectivity index is 1.25. The second-order valence-corrected chi connectivity index (χ2v) is 7.97. The fourth-order valence-electron chi connectivity index (χ4n) is 4.30. The lowest BCUT2D eigenvalue weighted by atomic mass is 10.1. The molecule has 0 radical (unpaired) electrons. The zero-order valence-electron chi connectivity index (χ0n) is 16.9. The minimum atomic E-state index is 0.256. The molecule has 4 heterocycles. The van der Waals surface area contributed by atoms with Gasteiger partial charge in [-0.15, -0.1) is 0 Å². The molecule has 1 aromatic carbocycles. The highest BCUT2D eigenvalue weighted by Crippen LogP contribution is 2.24. The second kappa shape index (κ2) is 8.38. The molecule has 30 heavy (non-hydrogen) atoms. The maximum atomic E-state index is 8.95. The summed E-state index contributed by atoms with van der Waals surface area (Å²) in [5.41, 5.74) is 3.70. The summed E-state index contributed by atoms with van der Waals surface area (Å²) in [6, 6.07) is 10.0. The number of piperazine rings is 1. The number of benzene rings is 1. The monoisotopic (exact) mass is 403 g/mol. The molecule has 8 heteroatoms. The Morgan fingerprint density at radius 2 is 1.90 bits per heavy atom. The van der Waals surface area contributed by atoms with E-state index in [4.69, 9.17) is 10.00 Å². The molecule has 154 valence electrons. The molecule has 8 nitrogen and oxygen atoms in total. The van der Waals surface area contributed by atoms with E-state index in [1.54, 1.807) is 6.33 Å². The zero-order valence-corrected chi connectivity index (χ0v) is 16.9. The van der Waals surface area contributed by atoms with Gasteiger partial charge in [-0.05, 0) is 30.5 Å². The van der Waals surface area contributed by atoms with E-state index in [0.717, 1.165) is 75.7 Å². The summed E-state index contributed by atoms with van der Waals surface area (Å²) >= 11 is 0. The van der Waals surface area contributed by atoms with E-state index in [9.17, 15) is 0 Å². The first kappa shape index (κ1) is 19.0. The number of hydrogen-bond donors (Lipinski definition) is 0. The first-order valence-corrected chi connectivity index (χ1v) is 10.5. The van der Waals surface area contributed by atoms with Crippen molar-refractivity contribution in [2.45, 2.75) is 32.0 Å². The second-order valence-electron chi connectivity index (χ2n) is 7.97. The van der Waals surface area contributed by atoms with Gasteiger partial charge in [0.15, 0.2) is 17.0 Å². The third kappa shape index (κ3) is 3.86. The number of nitriles is 1. The minimum Gasteiger partial charge on any atom is -0.376 e. The summed E-state index contributed by atoms with van der Waals surface area (Å²) < 4.78 is 7.87. The Morgan fingerprint density at radius 3 is 2.63 bits per heavy atom. The van der Waals surface area contributed by atoms with Crippen LogP contribution in [0.3, 0.4) is 0 Å². The van der Waals surface area contributed by atoms with Gasteiger partial charge in [-0.2, -0.15) is 5.26 Å². The zero-order chi connectivity index (χ0) is 20.3. The molecule has 2 aromatic heterocycles. The molecule has 0 saturated carbocycles. The lowest BCUT2D eigenvalue weighted by Gasteiger charge is -2.35. The van der Waals surface area contributed by atoms with Crippen molar-refractivity contribution < 1.29 is 4.74 Å². The van der Waals surface area contributed by atoms with Crippen molar-refractivity contribution in [1.29, 1.82) is 5.26 Å². The van der Waals surface area contributed by atoms with Crippen LogP contribution < -0.4 is 4.90 Å². The maximum absolute atomic E-state index is 8.95. The highest BCUT2D eigenvalue weighted by atomic mass is 16.5. The van der Waals surface area contributed by atoms with Crippen molar-refractivity contribution in [3.63, 3.8) is 0 Å². The number of ether oxygens (including phenoxy) is 1. The Bertz CT molecular complexity index is 1040. The van der Waals surface area contributed by atoms with Gasteiger partial charge in [0.1, 0.15) is 6.33 Å². The van der Waals surface area contributed by atoms with Crippen LogP contribution in [0.4, 0.5) is 5.82 Å². The van der Waals surface area contributed by atoms with Crippen LogP contribution in [0.2, 0.25) is 0 Å². The Labute approximate surface area is 175 Å². The number of hydrogen-bond acceptors (Lipinski definition) is 7. The number of imidazole rings is 1. The van der Waals surface area contributed by atoms with Crippen molar-refractivity contribution in [2.75, 3.05) is 37.7 Å². The first-order valence-electron chi connectivity index (χ1n) is 10.5. The molecule has 1 atom stereocenters. The molecule has 2 aliphatic rings. The van der Waals surface area contributed by atoms with Gasteiger partial charge in [0.25, 0.3) is 0 Å². The van der Waals surface area contributed by atoms with E-state index in [1.807, 2.05) is 30.6 Å². The van der Waals surface area contributed by atoms with Crippen LogP contribution in [0.5, 0.6) is 0 Å². The largest absolute Gasteiger partial charge is 0.376 e. The highest BCUT2D eigenvalue weighted by Gasteiger charge is 2.23. The molecule has 5 rings (SSSR count). The lowest BCUT2D eigenvalue weighted by Crippen LogP contribution is -2.46. The summed E-state index contributed by atoms with van der Waals surface area (Å²) in [5, 5.41) is 8.95. The number of rotatable bonds is 5. The average molecular weight is 403 g/mol. The van der Waals surface area contributed by atoms with Crippen molar-refractivity contribution >= 4 is 17.0 Å². The number of aromatic nitrogens is 4. The van der Waals surface area contributed by atoms with Gasteiger partial charge in [0, 0.05) is 39.3 Å².